The van der Waals surface area contributed by atoms with Gasteiger partial charge in [-0.05, 0) is 6.07 Å². The van der Waals surface area contributed by atoms with Crippen molar-refractivity contribution in [3.8, 4) is 17.1 Å². The van der Waals surface area contributed by atoms with Crippen molar-refractivity contribution in [2.24, 2.45) is 0 Å². The Hall–Kier alpha value is -2.74. The molecule has 112 valence electrons. The van der Waals surface area contributed by atoms with E-state index in [4.69, 9.17) is 15.2 Å². The summed E-state index contributed by atoms with van der Waals surface area (Å²) in [4.78, 5) is 12.5. The van der Waals surface area contributed by atoms with Crippen LogP contribution in [0.15, 0.2) is 24.5 Å². The van der Waals surface area contributed by atoms with Crippen molar-refractivity contribution in [1.82, 2.24) is 24.6 Å². The van der Waals surface area contributed by atoms with Gasteiger partial charge in [0.25, 0.3) is 0 Å². The van der Waals surface area contributed by atoms with Gasteiger partial charge in [0.1, 0.15) is 17.1 Å². The Morgan fingerprint density at radius 1 is 1.36 bits per heavy atom. The van der Waals surface area contributed by atoms with Gasteiger partial charge >= 0.3 is 0 Å². The van der Waals surface area contributed by atoms with Crippen molar-refractivity contribution in [2.75, 3.05) is 26.1 Å². The lowest BCUT2D eigenvalue weighted by Crippen LogP contribution is -2.27. The normalized spacial score (nSPS) is 15.0. The van der Waals surface area contributed by atoms with Crippen molar-refractivity contribution >= 4 is 11.6 Å². The zero-order valence-corrected chi connectivity index (χ0v) is 11.9. The van der Waals surface area contributed by atoms with Crippen LogP contribution in [0.1, 0.15) is 11.6 Å². The molecular formula is C14H14N6O2. The van der Waals surface area contributed by atoms with Gasteiger partial charge in [-0.3, -0.25) is 0 Å². The minimum atomic E-state index is 0.216. The van der Waals surface area contributed by atoms with E-state index in [1.807, 2.05) is 6.07 Å². The van der Waals surface area contributed by atoms with Gasteiger partial charge in [-0.2, -0.15) is 5.10 Å². The molecule has 0 atom stereocenters. The molecule has 3 aromatic heterocycles. The molecule has 22 heavy (non-hydrogen) atoms. The Morgan fingerprint density at radius 3 is 2.91 bits per heavy atom. The maximum Gasteiger partial charge on any atom is 0.220 e. The van der Waals surface area contributed by atoms with Gasteiger partial charge in [-0.1, -0.05) is 0 Å². The molecule has 4 heterocycles. The van der Waals surface area contributed by atoms with Crippen molar-refractivity contribution in [3.05, 3.63) is 30.2 Å². The first-order valence-corrected chi connectivity index (χ1v) is 6.85. The highest BCUT2D eigenvalue weighted by molar-refractivity contribution is 5.61. The first-order valence-electron chi connectivity index (χ1n) is 6.85. The number of nitrogens with two attached hydrogens (primary N) is 1. The van der Waals surface area contributed by atoms with Gasteiger partial charge in [-0.15, -0.1) is 0 Å². The molecule has 1 aliphatic heterocycles. The number of fused-ring (bicyclic) bond motifs is 1. The summed E-state index contributed by atoms with van der Waals surface area (Å²) >= 11 is 0. The number of anilines is 1. The summed E-state index contributed by atoms with van der Waals surface area (Å²) in [5.74, 6) is 1.18. The minimum absolute atomic E-state index is 0.216. The molecule has 3 aromatic rings. The van der Waals surface area contributed by atoms with Crippen LogP contribution in [-0.4, -0.2) is 44.9 Å². The number of ether oxygens (including phenoxy) is 2. The Bertz CT molecular complexity index is 842. The lowest BCUT2D eigenvalue weighted by atomic mass is 10.0. The average Bonchev–Trinajstić information content (AvgIpc) is 2.87. The van der Waals surface area contributed by atoms with Crippen molar-refractivity contribution < 1.29 is 9.47 Å². The lowest BCUT2D eigenvalue weighted by Gasteiger charge is -2.26. The Balaban J connectivity index is 1.90. The fraction of sp³-hybridized carbons (Fsp3) is 0.286. The molecule has 0 aliphatic carbocycles. The second-order valence-corrected chi connectivity index (χ2v) is 5.05. The summed E-state index contributed by atoms with van der Waals surface area (Å²) in [5.41, 5.74) is 8.64. The Morgan fingerprint density at radius 2 is 2.23 bits per heavy atom. The molecule has 1 saturated heterocycles. The number of imidazole rings is 1. The lowest BCUT2D eigenvalue weighted by molar-refractivity contribution is 0.00530. The third-order valence-electron chi connectivity index (χ3n) is 3.67. The van der Waals surface area contributed by atoms with Gasteiger partial charge < -0.3 is 15.2 Å². The molecule has 2 N–H and O–H groups in total. The van der Waals surface area contributed by atoms with Gasteiger partial charge in [0.15, 0.2) is 5.65 Å². The maximum absolute atomic E-state index is 5.65. The van der Waals surface area contributed by atoms with E-state index < -0.39 is 0 Å². The van der Waals surface area contributed by atoms with E-state index in [0.29, 0.717) is 24.6 Å². The number of hydrogen-bond donors (Lipinski definition) is 1. The van der Waals surface area contributed by atoms with E-state index in [1.165, 1.54) is 0 Å². The van der Waals surface area contributed by atoms with Gasteiger partial charge in [0.05, 0.1) is 38.1 Å². The summed E-state index contributed by atoms with van der Waals surface area (Å²) in [6.07, 6.45) is 3.33. The van der Waals surface area contributed by atoms with Crippen molar-refractivity contribution in [2.45, 2.75) is 5.92 Å². The van der Waals surface area contributed by atoms with E-state index in [0.717, 1.165) is 17.1 Å². The van der Waals surface area contributed by atoms with Gasteiger partial charge in [-0.25, -0.2) is 19.5 Å². The highest BCUT2D eigenvalue weighted by Crippen LogP contribution is 2.31. The molecule has 0 saturated carbocycles. The highest BCUT2D eigenvalue weighted by atomic mass is 16.5. The number of hydrogen-bond acceptors (Lipinski definition) is 7. The van der Waals surface area contributed by atoms with E-state index in [1.54, 1.807) is 30.1 Å². The number of nitrogens with zero attached hydrogens (tertiary/aromatic N) is 5. The Kier molecular flexibility index (Phi) is 2.90. The summed E-state index contributed by atoms with van der Waals surface area (Å²) in [7, 11) is 1.63. The van der Waals surface area contributed by atoms with Gasteiger partial charge in [0, 0.05) is 12.3 Å². The second kappa shape index (κ2) is 4.92. The summed E-state index contributed by atoms with van der Waals surface area (Å²) in [6.45, 7) is 1.30. The van der Waals surface area contributed by atoms with E-state index in [9.17, 15) is 0 Å². The molecule has 0 unspecified atom stereocenters. The van der Waals surface area contributed by atoms with E-state index in [2.05, 4.69) is 20.1 Å². The summed E-state index contributed by atoms with van der Waals surface area (Å²) < 4.78 is 12.4. The van der Waals surface area contributed by atoms with Crippen LogP contribution >= 0.6 is 0 Å². The third-order valence-corrected chi connectivity index (χ3v) is 3.67. The van der Waals surface area contributed by atoms with Crippen LogP contribution in [0.5, 0.6) is 5.75 Å². The zero-order valence-electron chi connectivity index (χ0n) is 11.9. The molecule has 0 bridgehead atoms. The first-order chi connectivity index (χ1) is 10.8. The predicted octanol–water partition coefficient (Wildman–Crippen LogP) is 0.891. The summed E-state index contributed by atoms with van der Waals surface area (Å²) in [6, 6.07) is 3.65. The minimum Gasteiger partial charge on any atom is -0.495 e. The van der Waals surface area contributed by atoms with Crippen LogP contribution in [0, 0.1) is 0 Å². The second-order valence-electron chi connectivity index (χ2n) is 5.05. The largest absolute Gasteiger partial charge is 0.495 e. The van der Waals surface area contributed by atoms with Crippen molar-refractivity contribution in [3.63, 3.8) is 0 Å². The number of methoxy groups -OCH3 is 1. The fourth-order valence-electron chi connectivity index (χ4n) is 2.44. The zero-order chi connectivity index (χ0) is 15.1. The topological polar surface area (TPSA) is 100 Å². The molecule has 8 nitrogen and oxygen atoms in total. The monoisotopic (exact) mass is 298 g/mol. The summed E-state index contributed by atoms with van der Waals surface area (Å²) in [5, 5.41) is 4.68. The van der Waals surface area contributed by atoms with Crippen molar-refractivity contribution in [1.29, 1.82) is 0 Å². The molecule has 0 amide bonds. The third kappa shape index (κ3) is 1.96. The van der Waals surface area contributed by atoms with Crippen LogP contribution in [0.4, 0.5) is 5.95 Å². The molecule has 1 fully saturated rings. The average molecular weight is 298 g/mol. The van der Waals surface area contributed by atoms with Crippen LogP contribution in [0.25, 0.3) is 17.0 Å². The number of rotatable bonds is 3. The van der Waals surface area contributed by atoms with Crippen LogP contribution in [-0.2, 0) is 4.74 Å². The molecule has 4 rings (SSSR count). The first kappa shape index (κ1) is 13.0. The van der Waals surface area contributed by atoms with Crippen LogP contribution in [0.2, 0.25) is 0 Å². The smallest absolute Gasteiger partial charge is 0.220 e. The molecule has 0 radical (unpaired) electrons. The van der Waals surface area contributed by atoms with Crippen LogP contribution in [0.3, 0.4) is 0 Å². The maximum atomic E-state index is 5.65. The standard InChI is InChI=1S/C14H14N6O2/c1-21-11-4-12-17-5-10(9-2-3-16-14(15)18-9)20(12)19-13(11)8-6-22-7-8/h2-5,8H,6-7H2,1H3,(H2,15,16,18). The molecule has 1 aliphatic rings. The number of nitrogen functional groups attached to an aromatic ring is 1. The predicted molar refractivity (Wildman–Crippen MR) is 78.5 cm³/mol. The van der Waals surface area contributed by atoms with Gasteiger partial charge in [0.2, 0.25) is 5.95 Å². The SMILES string of the molecule is COc1cc2ncc(-c3ccnc(N)n3)n2nc1C1COC1. The molecular weight excluding hydrogens is 284 g/mol. The molecule has 0 spiro atoms. The number of aromatic nitrogens is 5. The molecule has 0 aromatic carbocycles. The molecule has 8 heteroatoms. The fourth-order valence-corrected chi connectivity index (χ4v) is 2.44. The van der Waals surface area contributed by atoms with E-state index >= 15 is 0 Å². The van der Waals surface area contributed by atoms with Crippen LogP contribution < -0.4 is 10.5 Å². The quantitative estimate of drug-likeness (QED) is 0.766. The highest BCUT2D eigenvalue weighted by Gasteiger charge is 2.27. The van der Waals surface area contributed by atoms with E-state index in [-0.39, 0.29) is 11.9 Å². The Labute approximate surface area is 125 Å².